The molecule has 3 aromatic rings. The zero-order chi connectivity index (χ0) is 25.2. The molecule has 7 heteroatoms. The first-order valence-electron chi connectivity index (χ1n) is 12.2. The molecule has 0 aromatic heterocycles. The Hall–Kier alpha value is -3.64. The van der Waals surface area contributed by atoms with Crippen LogP contribution in [0.1, 0.15) is 49.8 Å². The molecule has 6 nitrogen and oxygen atoms in total. The summed E-state index contributed by atoms with van der Waals surface area (Å²) >= 11 is 6.38. The number of fused-ring (bicyclic) bond motifs is 1. The molecule has 0 radical (unpaired) electrons. The van der Waals surface area contributed by atoms with E-state index in [4.69, 9.17) is 21.1 Å². The highest BCUT2D eigenvalue weighted by atomic mass is 35.5. The minimum atomic E-state index is -0.456. The highest BCUT2D eigenvalue weighted by Gasteiger charge is 2.36. The van der Waals surface area contributed by atoms with Gasteiger partial charge in [-0.2, -0.15) is 0 Å². The zero-order valence-corrected chi connectivity index (χ0v) is 21.1. The number of phenols is 1. The molecule has 1 heterocycles. The van der Waals surface area contributed by atoms with E-state index in [-0.39, 0.29) is 22.5 Å². The van der Waals surface area contributed by atoms with Gasteiger partial charge in [-0.15, -0.1) is 0 Å². The van der Waals surface area contributed by atoms with Crippen LogP contribution in [-0.2, 0) is 4.79 Å². The molecule has 0 amide bonds. The lowest BCUT2D eigenvalue weighted by Crippen LogP contribution is -2.27. The van der Waals surface area contributed by atoms with Gasteiger partial charge >= 0.3 is 0 Å². The summed E-state index contributed by atoms with van der Waals surface area (Å²) in [6.07, 6.45) is 1.08. The Morgan fingerprint density at radius 1 is 0.944 bits per heavy atom. The molecular formula is C29H29ClN2O4. The Bertz CT molecular complexity index is 1320. The fourth-order valence-corrected chi connectivity index (χ4v) is 5.23. The Labute approximate surface area is 215 Å². The van der Waals surface area contributed by atoms with Gasteiger partial charge in [-0.05, 0) is 73.7 Å². The molecule has 2 atom stereocenters. The van der Waals surface area contributed by atoms with Crippen molar-refractivity contribution in [3.8, 4) is 17.2 Å². The standard InChI is InChI=1S/C29H29ClN2O4/c1-3-35-20-11-9-17(10-12-20)18-14-24-27(25(33)15-18)28(32-23-8-6-5-7-22(23)31-24)19-13-21(30)29(34)26(16-19)36-4-2/h5-13,16,18,28,31-32,34H,3-4,14-15H2,1-2H3. The van der Waals surface area contributed by atoms with Crippen molar-refractivity contribution in [1.29, 1.82) is 0 Å². The van der Waals surface area contributed by atoms with Gasteiger partial charge in [-0.1, -0.05) is 35.9 Å². The normalized spacial score (nSPS) is 18.9. The van der Waals surface area contributed by atoms with E-state index in [9.17, 15) is 9.90 Å². The van der Waals surface area contributed by atoms with E-state index in [1.54, 1.807) is 12.1 Å². The third-order valence-electron chi connectivity index (χ3n) is 6.66. The number of halogens is 1. The largest absolute Gasteiger partial charge is 0.503 e. The number of carbonyl (C=O) groups excluding carboxylic acids is 1. The molecule has 0 bridgehead atoms. The summed E-state index contributed by atoms with van der Waals surface area (Å²) in [6, 6.07) is 18.9. The van der Waals surface area contributed by atoms with Crippen molar-refractivity contribution in [2.75, 3.05) is 23.8 Å². The number of para-hydroxylation sites is 2. The molecule has 0 fully saturated rings. The predicted octanol–water partition coefficient (Wildman–Crippen LogP) is 6.82. The highest BCUT2D eigenvalue weighted by molar-refractivity contribution is 6.32. The van der Waals surface area contributed by atoms with Gasteiger partial charge in [-0.25, -0.2) is 0 Å². The van der Waals surface area contributed by atoms with Crippen LogP contribution in [0.25, 0.3) is 0 Å². The third-order valence-corrected chi connectivity index (χ3v) is 6.94. The first-order chi connectivity index (χ1) is 17.5. The van der Waals surface area contributed by atoms with Crippen LogP contribution in [0, 0.1) is 0 Å². The number of ether oxygens (including phenoxy) is 2. The second kappa shape index (κ2) is 10.2. The minimum absolute atomic E-state index is 0.0488. The predicted molar refractivity (Wildman–Crippen MR) is 142 cm³/mol. The molecule has 36 heavy (non-hydrogen) atoms. The topological polar surface area (TPSA) is 79.8 Å². The average molecular weight is 505 g/mol. The van der Waals surface area contributed by atoms with Gasteiger partial charge < -0.3 is 25.2 Å². The maximum absolute atomic E-state index is 13.8. The van der Waals surface area contributed by atoms with Gasteiger partial charge in [0, 0.05) is 17.7 Å². The molecule has 0 saturated carbocycles. The van der Waals surface area contributed by atoms with Crippen LogP contribution in [0.5, 0.6) is 17.2 Å². The number of hydrogen-bond acceptors (Lipinski definition) is 6. The summed E-state index contributed by atoms with van der Waals surface area (Å²) in [5.41, 5.74) is 5.20. The molecule has 5 rings (SSSR count). The maximum atomic E-state index is 13.8. The van der Waals surface area contributed by atoms with E-state index >= 15 is 0 Å². The van der Waals surface area contributed by atoms with Gasteiger partial charge in [0.25, 0.3) is 0 Å². The van der Waals surface area contributed by atoms with E-state index in [1.807, 2.05) is 62.4 Å². The second-order valence-corrected chi connectivity index (χ2v) is 9.36. The molecule has 3 aromatic carbocycles. The van der Waals surface area contributed by atoms with Crippen molar-refractivity contribution in [3.05, 3.63) is 88.1 Å². The first-order valence-corrected chi connectivity index (χ1v) is 12.6. The number of benzene rings is 3. The van der Waals surface area contributed by atoms with E-state index in [0.717, 1.165) is 33.9 Å². The number of Topliss-reactive ketones (excluding diaryl/α,β-unsaturated/α-hetero) is 1. The quantitative estimate of drug-likeness (QED) is 0.341. The summed E-state index contributed by atoms with van der Waals surface area (Å²) < 4.78 is 11.2. The number of aromatic hydroxyl groups is 1. The summed E-state index contributed by atoms with van der Waals surface area (Å²) in [5, 5.41) is 17.7. The van der Waals surface area contributed by atoms with Gasteiger partial charge in [0.2, 0.25) is 0 Å². The number of rotatable bonds is 6. The van der Waals surface area contributed by atoms with Crippen molar-refractivity contribution in [1.82, 2.24) is 0 Å². The van der Waals surface area contributed by atoms with Crippen LogP contribution in [0.4, 0.5) is 11.4 Å². The fourth-order valence-electron chi connectivity index (χ4n) is 5.01. The molecule has 2 aliphatic rings. The molecule has 3 N–H and O–H groups in total. The molecule has 2 unspecified atom stereocenters. The Morgan fingerprint density at radius 3 is 2.39 bits per heavy atom. The highest BCUT2D eigenvalue weighted by Crippen LogP contribution is 2.46. The molecule has 1 aliphatic heterocycles. The molecule has 186 valence electrons. The van der Waals surface area contributed by atoms with Crippen molar-refractivity contribution in [3.63, 3.8) is 0 Å². The van der Waals surface area contributed by atoms with Gasteiger partial charge in [0.15, 0.2) is 17.3 Å². The maximum Gasteiger partial charge on any atom is 0.176 e. The number of hydrogen-bond donors (Lipinski definition) is 3. The minimum Gasteiger partial charge on any atom is -0.503 e. The van der Waals surface area contributed by atoms with E-state index in [0.29, 0.717) is 37.4 Å². The number of anilines is 2. The van der Waals surface area contributed by atoms with Crippen LogP contribution in [-0.4, -0.2) is 24.1 Å². The second-order valence-electron chi connectivity index (χ2n) is 8.95. The van der Waals surface area contributed by atoms with Crippen LogP contribution in [0.3, 0.4) is 0 Å². The zero-order valence-electron chi connectivity index (χ0n) is 20.3. The van der Waals surface area contributed by atoms with Crippen LogP contribution in [0.2, 0.25) is 5.02 Å². The van der Waals surface area contributed by atoms with E-state index < -0.39 is 6.04 Å². The van der Waals surface area contributed by atoms with Crippen molar-refractivity contribution in [2.24, 2.45) is 0 Å². The fraction of sp³-hybridized carbons (Fsp3) is 0.276. The van der Waals surface area contributed by atoms with Crippen LogP contribution < -0.4 is 20.1 Å². The monoisotopic (exact) mass is 504 g/mol. The van der Waals surface area contributed by atoms with Gasteiger partial charge in [0.05, 0.1) is 35.7 Å². The number of carbonyl (C=O) groups is 1. The Morgan fingerprint density at radius 2 is 1.67 bits per heavy atom. The lowest BCUT2D eigenvalue weighted by Gasteiger charge is -2.30. The first kappa shape index (κ1) is 24.1. The van der Waals surface area contributed by atoms with Gasteiger partial charge in [0.1, 0.15) is 5.75 Å². The number of nitrogens with one attached hydrogen (secondary N) is 2. The number of allylic oxidation sites excluding steroid dienone is 1. The van der Waals surface area contributed by atoms with E-state index in [1.165, 1.54) is 0 Å². The number of phenolic OH excluding ortho intramolecular Hbond substituents is 1. The van der Waals surface area contributed by atoms with Crippen molar-refractivity contribution >= 4 is 28.8 Å². The van der Waals surface area contributed by atoms with Crippen molar-refractivity contribution in [2.45, 2.75) is 38.6 Å². The SMILES string of the molecule is CCOc1ccc(C2CC(=O)C3=C(C2)Nc2ccccc2NC3c2cc(Cl)c(O)c(OCC)c2)cc1. The lowest BCUT2D eigenvalue weighted by molar-refractivity contribution is -0.116. The Balaban J connectivity index is 1.57. The summed E-state index contributed by atoms with van der Waals surface area (Å²) in [5.74, 6) is 1.13. The van der Waals surface area contributed by atoms with Crippen LogP contribution >= 0.6 is 11.6 Å². The molecule has 1 aliphatic carbocycles. The molecule has 0 spiro atoms. The van der Waals surface area contributed by atoms with Crippen molar-refractivity contribution < 1.29 is 19.4 Å². The lowest BCUT2D eigenvalue weighted by atomic mass is 9.78. The Kier molecular flexibility index (Phi) is 6.79. The number of ketones is 1. The average Bonchev–Trinajstić information content (AvgIpc) is 3.04. The summed E-state index contributed by atoms with van der Waals surface area (Å²) in [7, 11) is 0. The third kappa shape index (κ3) is 4.61. The summed E-state index contributed by atoms with van der Waals surface area (Å²) in [4.78, 5) is 13.8. The molecular weight excluding hydrogens is 476 g/mol. The van der Waals surface area contributed by atoms with E-state index in [2.05, 4.69) is 10.6 Å². The summed E-state index contributed by atoms with van der Waals surface area (Å²) in [6.45, 7) is 4.80. The molecule has 0 saturated heterocycles. The smallest absolute Gasteiger partial charge is 0.176 e. The van der Waals surface area contributed by atoms with Crippen LogP contribution in [0.15, 0.2) is 71.9 Å². The van der Waals surface area contributed by atoms with Gasteiger partial charge in [-0.3, -0.25) is 4.79 Å².